The molecule has 1 atom stereocenters. The highest BCUT2D eigenvalue weighted by Gasteiger charge is 2.17. The quantitative estimate of drug-likeness (QED) is 0.507. The van der Waals surface area contributed by atoms with Crippen molar-refractivity contribution in [3.05, 3.63) is 23.8 Å². The van der Waals surface area contributed by atoms with Crippen molar-refractivity contribution in [1.29, 1.82) is 0 Å². The van der Waals surface area contributed by atoms with Crippen LogP contribution in [0.4, 0.5) is 0 Å². The zero-order chi connectivity index (χ0) is 11.4. The standard InChI is InChI=1S/C10H12O5/c1-15-10(14)5-9(13)7-4-6(11)2-3-8(7)12/h2-4,9,11-13H,5H2,1H3/t9-/m1/s1. The molecule has 1 rings (SSSR count). The monoisotopic (exact) mass is 212 g/mol. The van der Waals surface area contributed by atoms with Gasteiger partial charge in [-0.1, -0.05) is 0 Å². The Labute approximate surface area is 86.5 Å². The minimum atomic E-state index is -1.19. The Bertz CT molecular complexity index is 361. The molecule has 0 aliphatic heterocycles. The molecular weight excluding hydrogens is 200 g/mol. The Balaban J connectivity index is 2.85. The molecule has 0 radical (unpaired) electrons. The van der Waals surface area contributed by atoms with Gasteiger partial charge in [0.2, 0.25) is 0 Å². The average molecular weight is 212 g/mol. The highest BCUT2D eigenvalue weighted by molar-refractivity contribution is 5.70. The summed E-state index contributed by atoms with van der Waals surface area (Å²) in [6, 6.07) is 3.72. The summed E-state index contributed by atoms with van der Waals surface area (Å²) in [5, 5.41) is 28.1. The van der Waals surface area contributed by atoms with E-state index < -0.39 is 12.1 Å². The second-order valence-electron chi connectivity index (χ2n) is 3.04. The summed E-state index contributed by atoms with van der Waals surface area (Å²) >= 11 is 0. The molecule has 82 valence electrons. The van der Waals surface area contributed by atoms with Crippen molar-refractivity contribution in [2.24, 2.45) is 0 Å². The SMILES string of the molecule is COC(=O)C[C@@H](O)c1cc(O)ccc1O. The van der Waals surface area contributed by atoms with Gasteiger partial charge in [0.15, 0.2) is 0 Å². The first-order valence-electron chi connectivity index (χ1n) is 4.31. The van der Waals surface area contributed by atoms with Crippen molar-refractivity contribution in [3.63, 3.8) is 0 Å². The van der Waals surface area contributed by atoms with Crippen LogP contribution < -0.4 is 0 Å². The number of ether oxygens (including phenoxy) is 1. The van der Waals surface area contributed by atoms with E-state index in [1.165, 1.54) is 25.3 Å². The maximum absolute atomic E-state index is 10.9. The van der Waals surface area contributed by atoms with Gasteiger partial charge in [-0.05, 0) is 18.2 Å². The number of phenols is 2. The molecule has 5 nitrogen and oxygen atoms in total. The van der Waals surface area contributed by atoms with Crippen molar-refractivity contribution in [2.45, 2.75) is 12.5 Å². The van der Waals surface area contributed by atoms with Crippen LogP contribution in [0.15, 0.2) is 18.2 Å². The van der Waals surface area contributed by atoms with E-state index in [-0.39, 0.29) is 23.5 Å². The van der Waals surface area contributed by atoms with Crippen molar-refractivity contribution in [2.75, 3.05) is 7.11 Å². The average Bonchev–Trinajstić information content (AvgIpc) is 2.21. The van der Waals surface area contributed by atoms with Gasteiger partial charge >= 0.3 is 5.97 Å². The number of aliphatic hydroxyl groups excluding tert-OH is 1. The first-order chi connectivity index (χ1) is 7.04. The van der Waals surface area contributed by atoms with Gasteiger partial charge in [-0.2, -0.15) is 0 Å². The fraction of sp³-hybridized carbons (Fsp3) is 0.300. The lowest BCUT2D eigenvalue weighted by Crippen LogP contribution is -2.08. The van der Waals surface area contributed by atoms with E-state index in [0.29, 0.717) is 0 Å². The van der Waals surface area contributed by atoms with Crippen molar-refractivity contribution in [1.82, 2.24) is 0 Å². The summed E-state index contributed by atoms with van der Waals surface area (Å²) in [4.78, 5) is 10.9. The number of phenolic OH excluding ortho intramolecular Hbond substituents is 2. The number of hydrogen-bond donors (Lipinski definition) is 3. The summed E-state index contributed by atoms with van der Waals surface area (Å²) in [5.41, 5.74) is 0.0976. The van der Waals surface area contributed by atoms with Crippen molar-refractivity contribution < 1.29 is 24.9 Å². The molecule has 0 amide bonds. The van der Waals surface area contributed by atoms with Crippen molar-refractivity contribution in [3.8, 4) is 11.5 Å². The molecule has 1 aromatic carbocycles. The molecule has 0 spiro atoms. The van der Waals surface area contributed by atoms with Crippen LogP contribution in [0.5, 0.6) is 11.5 Å². The molecule has 5 heteroatoms. The predicted octanol–water partition coefficient (Wildman–Crippen LogP) is 0.694. The number of aromatic hydroxyl groups is 2. The lowest BCUT2D eigenvalue weighted by Gasteiger charge is -2.11. The first kappa shape index (κ1) is 11.3. The van der Waals surface area contributed by atoms with Crippen LogP contribution in [0, 0.1) is 0 Å². The third-order valence-electron chi connectivity index (χ3n) is 1.96. The number of carbonyl (C=O) groups excluding carboxylic acids is 1. The van der Waals surface area contributed by atoms with Crippen LogP contribution in [0.2, 0.25) is 0 Å². The van der Waals surface area contributed by atoms with Gasteiger partial charge in [-0.25, -0.2) is 0 Å². The minimum absolute atomic E-state index is 0.0910. The van der Waals surface area contributed by atoms with E-state index in [1.54, 1.807) is 0 Å². The minimum Gasteiger partial charge on any atom is -0.508 e. The summed E-state index contributed by atoms with van der Waals surface area (Å²) in [5.74, 6) is -0.860. The Hall–Kier alpha value is -1.75. The Morgan fingerprint density at radius 1 is 1.47 bits per heavy atom. The number of methoxy groups -OCH3 is 1. The lowest BCUT2D eigenvalue weighted by atomic mass is 10.1. The van der Waals surface area contributed by atoms with E-state index >= 15 is 0 Å². The second kappa shape index (κ2) is 4.65. The maximum atomic E-state index is 10.9. The number of hydrogen-bond acceptors (Lipinski definition) is 5. The number of esters is 1. The Morgan fingerprint density at radius 2 is 2.13 bits per heavy atom. The number of carbonyl (C=O) groups is 1. The van der Waals surface area contributed by atoms with E-state index in [4.69, 9.17) is 5.11 Å². The summed E-state index contributed by atoms with van der Waals surface area (Å²) in [6.07, 6.45) is -1.46. The fourth-order valence-electron chi connectivity index (χ4n) is 1.16. The maximum Gasteiger partial charge on any atom is 0.308 e. The number of aliphatic hydroxyl groups is 1. The highest BCUT2D eigenvalue weighted by Crippen LogP contribution is 2.29. The van der Waals surface area contributed by atoms with Gasteiger partial charge in [-0.15, -0.1) is 0 Å². The van der Waals surface area contributed by atoms with Gasteiger partial charge in [0, 0.05) is 5.56 Å². The van der Waals surface area contributed by atoms with Crippen LogP contribution in [-0.4, -0.2) is 28.4 Å². The Kier molecular flexibility index (Phi) is 3.51. The smallest absolute Gasteiger partial charge is 0.308 e. The molecule has 0 unspecified atom stereocenters. The van der Waals surface area contributed by atoms with Gasteiger partial charge in [-0.3, -0.25) is 4.79 Å². The Morgan fingerprint density at radius 3 is 2.73 bits per heavy atom. The van der Waals surface area contributed by atoms with Crippen molar-refractivity contribution >= 4 is 5.97 Å². The molecule has 15 heavy (non-hydrogen) atoms. The van der Waals surface area contributed by atoms with E-state index in [2.05, 4.69) is 4.74 Å². The molecule has 0 aliphatic rings. The predicted molar refractivity (Wildman–Crippen MR) is 51.4 cm³/mol. The zero-order valence-electron chi connectivity index (χ0n) is 8.17. The lowest BCUT2D eigenvalue weighted by molar-refractivity contribution is -0.142. The molecule has 0 saturated carbocycles. The van der Waals surface area contributed by atoms with Gasteiger partial charge < -0.3 is 20.1 Å². The number of rotatable bonds is 3. The topological polar surface area (TPSA) is 87.0 Å². The molecular formula is C10H12O5. The summed E-state index contributed by atoms with van der Waals surface area (Å²) in [6.45, 7) is 0. The third kappa shape index (κ3) is 2.85. The molecule has 0 heterocycles. The summed E-state index contributed by atoms with van der Waals surface area (Å²) in [7, 11) is 1.21. The van der Waals surface area contributed by atoms with E-state index in [0.717, 1.165) is 0 Å². The fourth-order valence-corrected chi connectivity index (χ4v) is 1.16. The third-order valence-corrected chi connectivity index (χ3v) is 1.96. The molecule has 0 bridgehead atoms. The van der Waals surface area contributed by atoms with Crippen LogP contribution in [-0.2, 0) is 9.53 Å². The second-order valence-corrected chi connectivity index (χ2v) is 3.04. The van der Waals surface area contributed by atoms with Crippen LogP contribution in [0.25, 0.3) is 0 Å². The van der Waals surface area contributed by atoms with Crippen LogP contribution in [0.1, 0.15) is 18.1 Å². The normalized spacial score (nSPS) is 12.1. The molecule has 0 aliphatic carbocycles. The van der Waals surface area contributed by atoms with Crippen LogP contribution >= 0.6 is 0 Å². The highest BCUT2D eigenvalue weighted by atomic mass is 16.5. The number of benzene rings is 1. The molecule has 0 fully saturated rings. The van der Waals surface area contributed by atoms with Gasteiger partial charge in [0.05, 0.1) is 19.6 Å². The molecule has 3 N–H and O–H groups in total. The molecule has 1 aromatic rings. The summed E-state index contributed by atoms with van der Waals surface area (Å²) < 4.78 is 4.37. The van der Waals surface area contributed by atoms with Crippen LogP contribution in [0.3, 0.4) is 0 Å². The van der Waals surface area contributed by atoms with E-state index in [1.807, 2.05) is 0 Å². The largest absolute Gasteiger partial charge is 0.508 e. The van der Waals surface area contributed by atoms with Gasteiger partial charge in [0.1, 0.15) is 11.5 Å². The van der Waals surface area contributed by atoms with Gasteiger partial charge in [0.25, 0.3) is 0 Å². The van der Waals surface area contributed by atoms with E-state index in [9.17, 15) is 15.0 Å². The molecule has 0 saturated heterocycles. The zero-order valence-corrected chi connectivity index (χ0v) is 8.17. The molecule has 0 aromatic heterocycles. The first-order valence-corrected chi connectivity index (χ1v) is 4.31.